The topological polar surface area (TPSA) is 177 Å². The number of amides is 1. The number of nitrogens with two attached hydrogens (primary N) is 1. The van der Waals surface area contributed by atoms with Gasteiger partial charge in [0, 0.05) is 49.9 Å². The Balaban J connectivity index is 1.91. The molecule has 0 heterocycles. The van der Waals surface area contributed by atoms with E-state index in [1.54, 1.807) is 0 Å². The van der Waals surface area contributed by atoms with Crippen molar-refractivity contribution in [3.63, 3.8) is 0 Å². The molecule has 212 valence electrons. The largest absolute Gasteiger partial charge is 0.510 e. The molecular weight excluding hydrogens is 504 g/mol. The van der Waals surface area contributed by atoms with E-state index in [0.717, 1.165) is 12.2 Å². The molecule has 1 aromatic carbocycles. The first-order chi connectivity index (χ1) is 18.2. The van der Waals surface area contributed by atoms with E-state index in [-0.39, 0.29) is 29.7 Å². The lowest BCUT2D eigenvalue weighted by Gasteiger charge is -2.48. The Labute approximate surface area is 227 Å². The number of aliphatic hydroxyl groups excluding tert-OH is 2. The smallest absolute Gasteiger partial charge is 0.255 e. The van der Waals surface area contributed by atoms with Gasteiger partial charge in [-0.25, -0.2) is 0 Å². The predicted octanol–water partition coefficient (Wildman–Crippen LogP) is 0.932. The summed E-state index contributed by atoms with van der Waals surface area (Å²) in [5, 5.41) is 47.9. The molecule has 39 heavy (non-hydrogen) atoms. The molecule has 7 N–H and O–H groups in total. The van der Waals surface area contributed by atoms with Crippen molar-refractivity contribution in [1.82, 2.24) is 10.2 Å². The molecule has 1 amide bonds. The minimum Gasteiger partial charge on any atom is -0.510 e. The van der Waals surface area contributed by atoms with Crippen LogP contribution in [-0.2, 0) is 22.6 Å². The van der Waals surface area contributed by atoms with Crippen LogP contribution in [0.3, 0.4) is 0 Å². The molecule has 0 fully saturated rings. The van der Waals surface area contributed by atoms with Crippen LogP contribution < -0.4 is 16.0 Å². The molecule has 1 aromatic rings. The van der Waals surface area contributed by atoms with Gasteiger partial charge in [0.05, 0.1) is 11.6 Å². The van der Waals surface area contributed by atoms with Crippen molar-refractivity contribution < 1.29 is 34.8 Å². The predicted molar refractivity (Wildman–Crippen MR) is 145 cm³/mol. The van der Waals surface area contributed by atoms with E-state index in [4.69, 9.17) is 5.73 Å². The molecule has 3 aliphatic carbocycles. The highest BCUT2D eigenvalue weighted by Gasteiger charge is 2.62. The number of hydrogen-bond acceptors (Lipinski definition) is 10. The lowest BCUT2D eigenvalue weighted by atomic mass is 9.58. The van der Waals surface area contributed by atoms with Crippen molar-refractivity contribution >= 4 is 23.2 Å². The average molecular weight is 543 g/mol. The maximum absolute atomic E-state index is 14.0. The fraction of sp³-hybridized carbons (Fsp3) is 0.536. The van der Waals surface area contributed by atoms with Gasteiger partial charge in [0.1, 0.15) is 22.8 Å². The average Bonchev–Trinajstić information content (AvgIpc) is 2.82. The summed E-state index contributed by atoms with van der Waals surface area (Å²) < 4.78 is 0. The number of allylic oxidation sites excluding steroid dienone is 1. The summed E-state index contributed by atoms with van der Waals surface area (Å²) in [7, 11) is 7.08. The number of carbonyl (C=O) groups excluding carboxylic acids is 3. The second-order valence-corrected chi connectivity index (χ2v) is 11.6. The van der Waals surface area contributed by atoms with Gasteiger partial charge >= 0.3 is 0 Å². The zero-order chi connectivity index (χ0) is 29.1. The fourth-order valence-electron chi connectivity index (χ4n) is 6.61. The van der Waals surface area contributed by atoms with Crippen molar-refractivity contribution in [2.75, 3.05) is 39.6 Å². The Bertz CT molecular complexity index is 1320. The van der Waals surface area contributed by atoms with E-state index in [1.807, 2.05) is 37.0 Å². The first kappa shape index (κ1) is 28.6. The SMILES string of the molecule is CN[C@@H]1C(O)=C(C(N)=O)C(=O)[C@@]2(O)C(O)=C3C(=O)c4c(O)c(CN(C)CC(C)C)cc(N(C)C)c4C[C@H]3C[C@@H]12. The number of primary amides is 1. The zero-order valence-corrected chi connectivity index (χ0v) is 23.2. The zero-order valence-electron chi connectivity index (χ0n) is 23.2. The number of benzene rings is 1. The maximum Gasteiger partial charge on any atom is 0.255 e. The number of fused-ring (bicyclic) bond motifs is 3. The first-order valence-corrected chi connectivity index (χ1v) is 13.1. The van der Waals surface area contributed by atoms with E-state index < -0.39 is 58.0 Å². The van der Waals surface area contributed by atoms with E-state index >= 15 is 0 Å². The van der Waals surface area contributed by atoms with Gasteiger partial charge in [-0.3, -0.25) is 14.4 Å². The Morgan fingerprint density at radius 2 is 1.85 bits per heavy atom. The number of likely N-dealkylation sites (N-methyl/N-ethyl adjacent to an activating group) is 1. The summed E-state index contributed by atoms with van der Waals surface area (Å²) in [6, 6.07) is 0.788. The minimum absolute atomic E-state index is 0.0240. The number of nitrogens with one attached hydrogen (secondary N) is 1. The molecule has 0 unspecified atom stereocenters. The molecule has 0 spiro atoms. The third-order valence-corrected chi connectivity index (χ3v) is 8.17. The first-order valence-electron chi connectivity index (χ1n) is 13.1. The lowest BCUT2D eigenvalue weighted by Crippen LogP contribution is -2.63. The van der Waals surface area contributed by atoms with Crippen molar-refractivity contribution in [3.8, 4) is 5.75 Å². The van der Waals surface area contributed by atoms with E-state index in [9.17, 15) is 34.8 Å². The number of rotatable bonds is 7. The summed E-state index contributed by atoms with van der Waals surface area (Å²) in [6.07, 6.45) is 0.287. The summed E-state index contributed by atoms with van der Waals surface area (Å²) in [6.45, 7) is 5.30. The normalized spacial score (nSPS) is 26.6. The van der Waals surface area contributed by atoms with E-state index in [2.05, 4.69) is 19.2 Å². The minimum atomic E-state index is -2.65. The molecule has 3 aliphatic rings. The molecule has 4 atom stereocenters. The Kier molecular flexibility index (Phi) is 7.30. The number of hydrogen-bond donors (Lipinski definition) is 6. The van der Waals surface area contributed by atoms with Gasteiger partial charge in [0.2, 0.25) is 5.78 Å². The summed E-state index contributed by atoms with van der Waals surface area (Å²) in [5.41, 5.74) is 3.59. The highest BCUT2D eigenvalue weighted by Crippen LogP contribution is 2.52. The van der Waals surface area contributed by atoms with Crippen LogP contribution in [0.5, 0.6) is 5.75 Å². The second-order valence-electron chi connectivity index (χ2n) is 11.6. The van der Waals surface area contributed by atoms with E-state index in [0.29, 0.717) is 23.6 Å². The van der Waals surface area contributed by atoms with Gasteiger partial charge in [-0.15, -0.1) is 0 Å². The second kappa shape index (κ2) is 9.96. The van der Waals surface area contributed by atoms with Gasteiger partial charge in [-0.2, -0.15) is 0 Å². The van der Waals surface area contributed by atoms with Crippen molar-refractivity contribution in [2.24, 2.45) is 23.5 Å². The number of carbonyl (C=O) groups is 3. The van der Waals surface area contributed by atoms with Gasteiger partial charge in [0.25, 0.3) is 5.91 Å². The van der Waals surface area contributed by atoms with Crippen LogP contribution in [0.2, 0.25) is 0 Å². The number of ketones is 2. The van der Waals surface area contributed by atoms with Crippen molar-refractivity contribution in [1.29, 1.82) is 0 Å². The molecule has 0 saturated carbocycles. The Morgan fingerprint density at radius 3 is 2.38 bits per heavy atom. The maximum atomic E-state index is 14.0. The molecule has 11 nitrogen and oxygen atoms in total. The number of nitrogens with zero attached hydrogens (tertiary/aromatic N) is 2. The van der Waals surface area contributed by atoms with E-state index in [1.165, 1.54) is 7.05 Å². The standard InChI is InChI=1S/C28H38N4O7/c1-12(2)10-32(6)11-14-9-17(31(4)5)15-7-13-8-16-21(30-3)24(35)20(27(29)38)26(37)28(16,39)25(36)18(13)23(34)19(15)22(14)33/h9,12-13,16,21,30,33,35-36,39H,7-8,10-11H2,1-6H3,(H2,29,38)/t13-,16-,21-,28-/m0/s1. The lowest BCUT2D eigenvalue weighted by molar-refractivity contribution is -0.146. The number of anilines is 1. The highest BCUT2D eigenvalue weighted by atomic mass is 16.3. The monoisotopic (exact) mass is 542 g/mol. The Morgan fingerprint density at radius 1 is 1.21 bits per heavy atom. The van der Waals surface area contributed by atoms with Crippen molar-refractivity contribution in [3.05, 3.63) is 45.4 Å². The molecule has 0 radical (unpaired) electrons. The summed E-state index contributed by atoms with van der Waals surface area (Å²) in [5.74, 6) is -6.20. The van der Waals surface area contributed by atoms with Crippen LogP contribution >= 0.6 is 0 Å². The quantitative estimate of drug-likeness (QED) is 0.272. The number of phenols is 1. The molecule has 4 rings (SSSR count). The molecule has 0 aromatic heterocycles. The molecule has 0 aliphatic heterocycles. The van der Waals surface area contributed by atoms with Gasteiger partial charge in [-0.05, 0) is 50.4 Å². The number of aliphatic hydroxyl groups is 3. The molecule has 0 bridgehead atoms. The van der Waals surface area contributed by atoms with Gasteiger partial charge < -0.3 is 41.3 Å². The van der Waals surface area contributed by atoms with Crippen LogP contribution in [-0.4, -0.2) is 89.2 Å². The third kappa shape index (κ3) is 4.29. The highest BCUT2D eigenvalue weighted by molar-refractivity contribution is 6.24. The number of phenolic OH excluding ortho intramolecular Hbond substituents is 1. The molecular formula is C28H38N4O7. The summed E-state index contributed by atoms with van der Waals surface area (Å²) >= 11 is 0. The van der Waals surface area contributed by atoms with Crippen LogP contribution in [0.25, 0.3) is 0 Å². The number of Topliss-reactive ketones (excluding diaryl/α,β-unsaturated/α-hetero) is 2. The van der Waals surface area contributed by atoms with Crippen LogP contribution in [0, 0.1) is 17.8 Å². The molecule has 0 saturated heterocycles. The van der Waals surface area contributed by atoms with Crippen LogP contribution in [0.4, 0.5) is 5.69 Å². The van der Waals surface area contributed by atoms with Gasteiger partial charge in [-0.1, -0.05) is 13.8 Å². The van der Waals surface area contributed by atoms with Crippen molar-refractivity contribution in [2.45, 2.75) is 44.9 Å². The van der Waals surface area contributed by atoms with Crippen LogP contribution in [0.15, 0.2) is 28.7 Å². The summed E-state index contributed by atoms with van der Waals surface area (Å²) in [4.78, 5) is 43.3. The molecule has 11 heteroatoms. The van der Waals surface area contributed by atoms with Crippen LogP contribution in [0.1, 0.15) is 41.8 Å². The van der Waals surface area contributed by atoms with Gasteiger partial charge in [0.15, 0.2) is 11.4 Å². The fourth-order valence-corrected chi connectivity index (χ4v) is 6.61. The Hall–Kier alpha value is -3.41. The number of aromatic hydroxyl groups is 1. The third-order valence-electron chi connectivity index (χ3n) is 8.17.